The fourth-order valence-electron chi connectivity index (χ4n) is 2.88. The van der Waals surface area contributed by atoms with Crippen molar-refractivity contribution >= 4 is 44.5 Å². The standard InChI is InChI=1S/C18H20O7S2/c1-2-23-18(20)17-14(13-5-3-4-6-15(13)25-17)9-24-16(19)10-26-12-7-8-27(21,22)11-12/h3-6,12H,2,7-11H2,1H3/t12-/m1/s1. The molecule has 1 aliphatic rings. The van der Waals surface area contributed by atoms with Crippen LogP contribution in [-0.2, 0) is 30.7 Å². The normalized spacial score (nSPS) is 18.5. The maximum Gasteiger partial charge on any atom is 0.374 e. The van der Waals surface area contributed by atoms with Crippen LogP contribution in [0.15, 0.2) is 28.7 Å². The van der Waals surface area contributed by atoms with Crippen LogP contribution in [0, 0.1) is 0 Å². The lowest BCUT2D eigenvalue weighted by Crippen LogP contribution is -2.14. The lowest BCUT2D eigenvalue weighted by atomic mass is 10.1. The van der Waals surface area contributed by atoms with E-state index in [2.05, 4.69) is 0 Å². The molecule has 0 bridgehead atoms. The summed E-state index contributed by atoms with van der Waals surface area (Å²) in [6.07, 6.45) is 0.555. The van der Waals surface area contributed by atoms with Crippen LogP contribution < -0.4 is 0 Å². The number of esters is 2. The molecule has 1 aliphatic heterocycles. The molecule has 7 nitrogen and oxygen atoms in total. The van der Waals surface area contributed by atoms with Crippen LogP contribution in [0.4, 0.5) is 0 Å². The molecular formula is C18H20O7S2. The molecule has 2 aromatic rings. The van der Waals surface area contributed by atoms with Crippen molar-refractivity contribution in [2.45, 2.75) is 25.2 Å². The zero-order chi connectivity index (χ0) is 19.4. The van der Waals surface area contributed by atoms with Gasteiger partial charge in [-0.1, -0.05) is 18.2 Å². The van der Waals surface area contributed by atoms with E-state index in [-0.39, 0.29) is 41.5 Å². The second-order valence-corrected chi connectivity index (χ2v) is 9.64. The van der Waals surface area contributed by atoms with E-state index in [0.717, 1.165) is 0 Å². The summed E-state index contributed by atoms with van der Waals surface area (Å²) in [5.74, 6) is -0.714. The number of benzene rings is 1. The third kappa shape index (κ3) is 4.84. The van der Waals surface area contributed by atoms with Crippen molar-refractivity contribution < 1.29 is 31.9 Å². The zero-order valence-corrected chi connectivity index (χ0v) is 16.4. The van der Waals surface area contributed by atoms with E-state index in [4.69, 9.17) is 13.9 Å². The number of carbonyl (C=O) groups is 2. The molecule has 0 N–H and O–H groups in total. The third-order valence-electron chi connectivity index (χ3n) is 4.16. The molecule has 1 atom stereocenters. The molecule has 27 heavy (non-hydrogen) atoms. The highest BCUT2D eigenvalue weighted by Gasteiger charge is 2.29. The molecule has 1 aromatic carbocycles. The highest BCUT2D eigenvalue weighted by molar-refractivity contribution is 8.02. The summed E-state index contributed by atoms with van der Waals surface area (Å²) in [4.78, 5) is 24.2. The minimum atomic E-state index is -2.97. The van der Waals surface area contributed by atoms with Crippen molar-refractivity contribution in [3.63, 3.8) is 0 Å². The average molecular weight is 412 g/mol. The number of fused-ring (bicyclic) bond motifs is 1. The van der Waals surface area contributed by atoms with Crippen molar-refractivity contribution in [2.24, 2.45) is 0 Å². The van der Waals surface area contributed by atoms with Crippen LogP contribution in [-0.4, -0.2) is 49.5 Å². The van der Waals surface area contributed by atoms with Crippen LogP contribution in [0.1, 0.15) is 29.5 Å². The Labute approximate surface area is 161 Å². The van der Waals surface area contributed by atoms with E-state index in [1.54, 1.807) is 31.2 Å². The average Bonchev–Trinajstić information content (AvgIpc) is 3.18. The van der Waals surface area contributed by atoms with E-state index in [0.29, 0.717) is 23.0 Å². The zero-order valence-electron chi connectivity index (χ0n) is 14.8. The van der Waals surface area contributed by atoms with E-state index < -0.39 is 21.8 Å². The Bertz CT molecular complexity index is 946. The minimum Gasteiger partial charge on any atom is -0.460 e. The molecular weight excluding hydrogens is 392 g/mol. The summed E-state index contributed by atoms with van der Waals surface area (Å²) in [5, 5.41) is 0.607. The number of sulfone groups is 1. The second kappa shape index (κ2) is 8.35. The monoisotopic (exact) mass is 412 g/mol. The first kappa shape index (κ1) is 19.8. The maximum atomic E-state index is 12.1. The number of carbonyl (C=O) groups excluding carboxylic acids is 2. The molecule has 1 fully saturated rings. The number of rotatable bonds is 7. The molecule has 0 radical (unpaired) electrons. The van der Waals surface area contributed by atoms with E-state index in [1.165, 1.54) is 11.8 Å². The minimum absolute atomic E-state index is 0.0281. The lowest BCUT2D eigenvalue weighted by molar-refractivity contribution is -0.141. The molecule has 2 heterocycles. The second-order valence-electron chi connectivity index (χ2n) is 6.12. The quantitative estimate of drug-likeness (QED) is 0.640. The fraction of sp³-hybridized carbons (Fsp3) is 0.444. The Balaban J connectivity index is 1.64. The number of furan rings is 1. The first-order valence-corrected chi connectivity index (χ1v) is 11.4. The number of thioether (sulfide) groups is 1. The van der Waals surface area contributed by atoms with Gasteiger partial charge in [0, 0.05) is 10.6 Å². The highest BCUT2D eigenvalue weighted by atomic mass is 32.2. The Morgan fingerprint density at radius 1 is 1.26 bits per heavy atom. The molecule has 0 spiro atoms. The van der Waals surface area contributed by atoms with Gasteiger partial charge >= 0.3 is 11.9 Å². The Morgan fingerprint density at radius 3 is 2.74 bits per heavy atom. The fourth-order valence-corrected chi connectivity index (χ4v) is 6.32. The summed E-state index contributed by atoms with van der Waals surface area (Å²) >= 11 is 1.29. The molecule has 1 saturated heterocycles. The number of hydrogen-bond acceptors (Lipinski definition) is 8. The first-order chi connectivity index (χ1) is 12.9. The molecule has 9 heteroatoms. The predicted octanol–water partition coefficient (Wildman–Crippen LogP) is 2.57. The number of ether oxygens (including phenoxy) is 2. The SMILES string of the molecule is CCOC(=O)c1oc2ccccc2c1COC(=O)CS[C@@H]1CCS(=O)(=O)C1. The first-order valence-electron chi connectivity index (χ1n) is 8.55. The summed E-state index contributed by atoms with van der Waals surface area (Å²) in [6, 6.07) is 7.08. The molecule has 0 amide bonds. The van der Waals surface area contributed by atoms with Gasteiger partial charge in [-0.3, -0.25) is 4.79 Å². The van der Waals surface area contributed by atoms with Gasteiger partial charge in [-0.2, -0.15) is 0 Å². The summed E-state index contributed by atoms with van der Waals surface area (Å²) in [6.45, 7) is 1.78. The molecule has 0 saturated carbocycles. The third-order valence-corrected chi connectivity index (χ3v) is 7.42. The van der Waals surface area contributed by atoms with Crippen LogP contribution in [0.3, 0.4) is 0 Å². The van der Waals surface area contributed by atoms with Gasteiger partial charge in [-0.15, -0.1) is 11.8 Å². The van der Waals surface area contributed by atoms with Crippen LogP contribution in [0.5, 0.6) is 0 Å². The molecule has 146 valence electrons. The Kier molecular flexibility index (Phi) is 6.11. The van der Waals surface area contributed by atoms with Crippen molar-refractivity contribution in [3.05, 3.63) is 35.6 Å². The van der Waals surface area contributed by atoms with Crippen molar-refractivity contribution in [2.75, 3.05) is 23.9 Å². The van der Waals surface area contributed by atoms with Gasteiger partial charge in [0.1, 0.15) is 12.2 Å². The molecule has 0 unspecified atom stereocenters. The predicted molar refractivity (Wildman–Crippen MR) is 101 cm³/mol. The highest BCUT2D eigenvalue weighted by Crippen LogP contribution is 2.28. The maximum absolute atomic E-state index is 12.1. The lowest BCUT2D eigenvalue weighted by Gasteiger charge is -2.08. The van der Waals surface area contributed by atoms with Crippen LogP contribution >= 0.6 is 11.8 Å². The number of para-hydroxylation sites is 1. The van der Waals surface area contributed by atoms with E-state index in [9.17, 15) is 18.0 Å². The van der Waals surface area contributed by atoms with E-state index in [1.807, 2.05) is 0 Å². The van der Waals surface area contributed by atoms with Gasteiger partial charge in [0.15, 0.2) is 9.84 Å². The summed E-state index contributed by atoms with van der Waals surface area (Å²) in [5.41, 5.74) is 0.975. The van der Waals surface area contributed by atoms with Crippen LogP contribution in [0.25, 0.3) is 11.0 Å². The number of hydrogen-bond donors (Lipinski definition) is 0. The molecule has 1 aromatic heterocycles. The topological polar surface area (TPSA) is 99.9 Å². The molecule has 0 aliphatic carbocycles. The van der Waals surface area contributed by atoms with Gasteiger partial charge in [0.25, 0.3) is 0 Å². The van der Waals surface area contributed by atoms with Crippen molar-refractivity contribution in [3.8, 4) is 0 Å². The summed E-state index contributed by atoms with van der Waals surface area (Å²) in [7, 11) is -2.97. The Hall–Kier alpha value is -2.00. The van der Waals surface area contributed by atoms with Crippen LogP contribution in [0.2, 0.25) is 0 Å². The van der Waals surface area contributed by atoms with Gasteiger partial charge in [0.2, 0.25) is 5.76 Å². The van der Waals surface area contributed by atoms with Gasteiger partial charge < -0.3 is 13.9 Å². The smallest absolute Gasteiger partial charge is 0.374 e. The van der Waals surface area contributed by atoms with Crippen molar-refractivity contribution in [1.82, 2.24) is 0 Å². The van der Waals surface area contributed by atoms with Gasteiger partial charge in [-0.05, 0) is 19.4 Å². The largest absolute Gasteiger partial charge is 0.460 e. The van der Waals surface area contributed by atoms with E-state index >= 15 is 0 Å². The summed E-state index contributed by atoms with van der Waals surface area (Å²) < 4.78 is 38.8. The molecule has 3 rings (SSSR count). The van der Waals surface area contributed by atoms with Gasteiger partial charge in [0.05, 0.1) is 29.4 Å². The van der Waals surface area contributed by atoms with Gasteiger partial charge in [-0.25, -0.2) is 13.2 Å². The van der Waals surface area contributed by atoms with Crippen molar-refractivity contribution in [1.29, 1.82) is 0 Å². The Morgan fingerprint density at radius 2 is 2.04 bits per heavy atom.